The summed E-state index contributed by atoms with van der Waals surface area (Å²) in [5.41, 5.74) is 2.37. The number of aromatic nitrogens is 4. The van der Waals surface area contributed by atoms with Crippen molar-refractivity contribution >= 4 is 24.2 Å². The first-order valence-electron chi connectivity index (χ1n) is 8.57. The fourth-order valence-electron chi connectivity index (χ4n) is 2.58. The number of rotatable bonds is 9. The summed E-state index contributed by atoms with van der Waals surface area (Å²) >= 11 is 1.69. The molecule has 0 spiro atoms. The van der Waals surface area contributed by atoms with Gasteiger partial charge in [-0.15, -0.1) is 17.5 Å². The number of hydrogen-bond donors (Lipinski definition) is 1. The summed E-state index contributed by atoms with van der Waals surface area (Å²) < 4.78 is 1.79. The molecular weight excluding hydrogens is 366 g/mol. The number of tetrazole rings is 1. The molecule has 0 amide bonds. The fourth-order valence-corrected chi connectivity index (χ4v) is 3.41. The highest BCUT2D eigenvalue weighted by Crippen LogP contribution is 2.18. The van der Waals surface area contributed by atoms with Gasteiger partial charge < -0.3 is 5.32 Å². The smallest absolute Gasteiger partial charge is 0.214 e. The second-order valence-corrected chi connectivity index (χ2v) is 6.99. The number of benzene rings is 2. The first-order chi connectivity index (χ1) is 12.3. The molecule has 2 aromatic carbocycles. The molecule has 0 saturated heterocycles. The Hall–Kier alpha value is -1.89. The summed E-state index contributed by atoms with van der Waals surface area (Å²) in [6.07, 6.45) is 1.08. The summed E-state index contributed by atoms with van der Waals surface area (Å²) in [6, 6.07) is 20.6. The molecule has 1 heterocycles. The van der Waals surface area contributed by atoms with Gasteiger partial charge in [0.25, 0.3) is 0 Å². The van der Waals surface area contributed by atoms with Gasteiger partial charge in [-0.25, -0.2) is 0 Å². The second kappa shape index (κ2) is 11.0. The fraction of sp³-hybridized carbons (Fsp3) is 0.316. The van der Waals surface area contributed by atoms with E-state index in [2.05, 4.69) is 58.1 Å². The minimum atomic E-state index is 0. The van der Waals surface area contributed by atoms with E-state index in [0.717, 1.165) is 36.1 Å². The van der Waals surface area contributed by atoms with Crippen molar-refractivity contribution in [2.45, 2.75) is 24.4 Å². The highest BCUT2D eigenvalue weighted by molar-refractivity contribution is 7.99. The first kappa shape index (κ1) is 20.4. The van der Waals surface area contributed by atoms with Crippen LogP contribution in [0.1, 0.15) is 24.8 Å². The van der Waals surface area contributed by atoms with Gasteiger partial charge in [-0.1, -0.05) is 67.2 Å². The third-order valence-electron chi connectivity index (χ3n) is 3.99. The number of nitrogens with one attached hydrogen (secondary N) is 1. The standard InChI is InChI=1S/C19H23N5S.ClH/c1-16(17-9-4-2-5-10-17)15-20-13-8-14-25-19-21-22-23-24(19)18-11-6-3-7-12-18;/h2-7,9-12,16,20H,8,13-15H2,1H3;1H. The Kier molecular flexibility index (Phi) is 8.61. The van der Waals surface area contributed by atoms with Gasteiger partial charge in [0.15, 0.2) is 0 Å². The van der Waals surface area contributed by atoms with Crippen LogP contribution in [0.3, 0.4) is 0 Å². The van der Waals surface area contributed by atoms with Crippen LogP contribution in [0.2, 0.25) is 0 Å². The van der Waals surface area contributed by atoms with Crippen LogP contribution >= 0.6 is 24.2 Å². The van der Waals surface area contributed by atoms with E-state index in [1.54, 1.807) is 16.4 Å². The maximum atomic E-state index is 4.12. The van der Waals surface area contributed by atoms with Crippen LogP contribution in [-0.2, 0) is 0 Å². The van der Waals surface area contributed by atoms with Gasteiger partial charge in [0.05, 0.1) is 5.69 Å². The predicted molar refractivity (Wildman–Crippen MR) is 109 cm³/mol. The van der Waals surface area contributed by atoms with Crippen LogP contribution in [0, 0.1) is 0 Å². The normalized spacial score (nSPS) is 11.7. The first-order valence-corrected chi connectivity index (χ1v) is 9.55. The highest BCUT2D eigenvalue weighted by atomic mass is 35.5. The Bertz CT molecular complexity index is 751. The van der Waals surface area contributed by atoms with Crippen molar-refractivity contribution in [3.63, 3.8) is 0 Å². The zero-order valence-corrected chi connectivity index (χ0v) is 16.4. The van der Waals surface area contributed by atoms with Gasteiger partial charge in [0.2, 0.25) is 5.16 Å². The molecule has 0 fully saturated rings. The van der Waals surface area contributed by atoms with Gasteiger partial charge in [0.1, 0.15) is 0 Å². The van der Waals surface area contributed by atoms with E-state index in [9.17, 15) is 0 Å². The SMILES string of the molecule is CC(CNCCCSc1nnnn1-c1ccccc1)c1ccccc1.Cl. The number of para-hydroxylation sites is 1. The number of hydrogen-bond acceptors (Lipinski definition) is 5. The third kappa shape index (κ3) is 5.83. The Morgan fingerprint density at radius 3 is 2.46 bits per heavy atom. The van der Waals surface area contributed by atoms with Gasteiger partial charge in [-0.05, 0) is 47.0 Å². The molecule has 0 bridgehead atoms. The summed E-state index contributed by atoms with van der Waals surface area (Å²) in [5, 5.41) is 16.4. The summed E-state index contributed by atoms with van der Waals surface area (Å²) in [4.78, 5) is 0. The van der Waals surface area contributed by atoms with Crippen molar-refractivity contribution in [1.29, 1.82) is 0 Å². The van der Waals surface area contributed by atoms with Crippen molar-refractivity contribution in [2.24, 2.45) is 0 Å². The molecule has 3 aromatic rings. The zero-order chi connectivity index (χ0) is 17.3. The lowest BCUT2D eigenvalue weighted by atomic mass is 10.0. The Balaban J connectivity index is 0.00000243. The average Bonchev–Trinajstić information content (AvgIpc) is 3.14. The third-order valence-corrected chi connectivity index (χ3v) is 5.00. The second-order valence-electron chi connectivity index (χ2n) is 5.93. The molecule has 1 unspecified atom stereocenters. The lowest BCUT2D eigenvalue weighted by molar-refractivity contribution is 0.611. The van der Waals surface area contributed by atoms with Gasteiger partial charge in [-0.3, -0.25) is 0 Å². The number of nitrogens with zero attached hydrogens (tertiary/aromatic N) is 4. The molecule has 0 aliphatic rings. The minimum absolute atomic E-state index is 0. The molecule has 1 aromatic heterocycles. The predicted octanol–water partition coefficient (Wildman–Crippen LogP) is 3.96. The molecule has 26 heavy (non-hydrogen) atoms. The zero-order valence-electron chi connectivity index (χ0n) is 14.8. The van der Waals surface area contributed by atoms with Crippen LogP contribution in [-0.4, -0.2) is 39.0 Å². The topological polar surface area (TPSA) is 55.6 Å². The largest absolute Gasteiger partial charge is 0.316 e. The van der Waals surface area contributed by atoms with Crippen LogP contribution in [0.25, 0.3) is 5.69 Å². The molecular formula is C19H24ClN5S. The average molecular weight is 390 g/mol. The monoisotopic (exact) mass is 389 g/mol. The molecule has 7 heteroatoms. The van der Waals surface area contributed by atoms with Crippen molar-refractivity contribution in [3.05, 3.63) is 66.2 Å². The maximum absolute atomic E-state index is 4.12. The molecule has 1 N–H and O–H groups in total. The molecule has 0 aliphatic heterocycles. The number of thioether (sulfide) groups is 1. The van der Waals surface area contributed by atoms with E-state index in [0.29, 0.717) is 5.92 Å². The van der Waals surface area contributed by atoms with Crippen molar-refractivity contribution in [3.8, 4) is 5.69 Å². The molecule has 0 saturated carbocycles. The van der Waals surface area contributed by atoms with E-state index < -0.39 is 0 Å². The molecule has 5 nitrogen and oxygen atoms in total. The molecule has 3 rings (SSSR count). The molecule has 0 aliphatic carbocycles. The van der Waals surface area contributed by atoms with Crippen molar-refractivity contribution in [1.82, 2.24) is 25.5 Å². The Morgan fingerprint density at radius 2 is 1.73 bits per heavy atom. The Morgan fingerprint density at radius 1 is 1.04 bits per heavy atom. The summed E-state index contributed by atoms with van der Waals surface area (Å²) in [7, 11) is 0. The van der Waals surface area contributed by atoms with Crippen LogP contribution < -0.4 is 5.32 Å². The minimum Gasteiger partial charge on any atom is -0.316 e. The van der Waals surface area contributed by atoms with Crippen LogP contribution in [0.4, 0.5) is 0 Å². The number of halogens is 1. The summed E-state index contributed by atoms with van der Waals surface area (Å²) in [6.45, 7) is 4.25. The quantitative estimate of drug-likeness (QED) is 0.443. The van der Waals surface area contributed by atoms with Crippen LogP contribution in [0.15, 0.2) is 65.8 Å². The van der Waals surface area contributed by atoms with E-state index in [-0.39, 0.29) is 12.4 Å². The van der Waals surface area contributed by atoms with E-state index in [4.69, 9.17) is 0 Å². The van der Waals surface area contributed by atoms with Crippen molar-refractivity contribution in [2.75, 3.05) is 18.8 Å². The molecule has 1 atom stereocenters. The highest BCUT2D eigenvalue weighted by Gasteiger charge is 2.08. The van der Waals surface area contributed by atoms with E-state index in [1.165, 1.54) is 5.56 Å². The lowest BCUT2D eigenvalue weighted by Crippen LogP contribution is -2.21. The molecule has 138 valence electrons. The lowest BCUT2D eigenvalue weighted by Gasteiger charge is -2.12. The van der Waals surface area contributed by atoms with E-state index >= 15 is 0 Å². The van der Waals surface area contributed by atoms with Gasteiger partial charge in [0, 0.05) is 12.3 Å². The maximum Gasteiger partial charge on any atom is 0.214 e. The van der Waals surface area contributed by atoms with Gasteiger partial charge in [-0.2, -0.15) is 4.68 Å². The summed E-state index contributed by atoms with van der Waals surface area (Å²) in [5.74, 6) is 1.51. The van der Waals surface area contributed by atoms with Crippen molar-refractivity contribution < 1.29 is 0 Å². The molecule has 0 radical (unpaired) electrons. The Labute approximate surface area is 165 Å². The van der Waals surface area contributed by atoms with E-state index in [1.807, 2.05) is 30.3 Å². The van der Waals surface area contributed by atoms with Crippen LogP contribution in [0.5, 0.6) is 0 Å². The van der Waals surface area contributed by atoms with Gasteiger partial charge >= 0.3 is 0 Å².